The van der Waals surface area contributed by atoms with Crippen molar-refractivity contribution in [1.29, 1.82) is 0 Å². The molecule has 0 atom stereocenters. The van der Waals surface area contributed by atoms with E-state index in [2.05, 4.69) is 45.3 Å². The minimum absolute atomic E-state index is 0.509. The minimum Gasteiger partial charge on any atom is -0.313 e. The monoisotopic (exact) mass is 231 g/mol. The maximum absolute atomic E-state index is 3.96. The van der Waals surface area contributed by atoms with Gasteiger partial charge in [0.05, 0.1) is 0 Å². The largest absolute Gasteiger partial charge is 0.313 e. The van der Waals surface area contributed by atoms with Gasteiger partial charge in [0.2, 0.25) is 0 Å². The highest BCUT2D eigenvalue weighted by molar-refractivity contribution is 5.42. The molecule has 0 aliphatic carbocycles. The van der Waals surface area contributed by atoms with Crippen LogP contribution in [0.1, 0.15) is 40.5 Å². The average Bonchev–Trinajstić information content (AvgIpc) is 2.49. The Hall–Kier alpha value is -1.04. The van der Waals surface area contributed by atoms with Gasteiger partial charge in [-0.3, -0.25) is 0 Å². The quantitative estimate of drug-likeness (QED) is 0.724. The van der Waals surface area contributed by atoms with Crippen LogP contribution in [0.5, 0.6) is 0 Å². The van der Waals surface area contributed by atoms with Gasteiger partial charge < -0.3 is 5.32 Å². The second kappa shape index (κ2) is 6.64. The molecule has 0 saturated heterocycles. The molecule has 0 unspecified atom stereocenters. The topological polar surface area (TPSA) is 12.0 Å². The average molecular weight is 231 g/mol. The lowest BCUT2D eigenvalue weighted by Crippen LogP contribution is -2.18. The van der Waals surface area contributed by atoms with Crippen LogP contribution in [0.2, 0.25) is 0 Å². The Kier molecular flexibility index (Phi) is 5.47. The SMILES string of the molecule is C=CC1=C(C(=C=C(C)C)C(C)C)CNCCC1. The maximum Gasteiger partial charge on any atom is 0.0217 e. The molecule has 1 rings (SSSR count). The lowest BCUT2D eigenvalue weighted by Gasteiger charge is -2.16. The third-order valence-corrected chi connectivity index (χ3v) is 3.02. The lowest BCUT2D eigenvalue weighted by atomic mass is 9.90. The molecule has 1 N–H and O–H groups in total. The van der Waals surface area contributed by atoms with Crippen LogP contribution in [0, 0.1) is 5.92 Å². The Labute approximate surface area is 106 Å². The van der Waals surface area contributed by atoms with Crippen LogP contribution in [0.15, 0.2) is 40.7 Å². The molecule has 17 heavy (non-hydrogen) atoms. The predicted molar refractivity (Wildman–Crippen MR) is 76.1 cm³/mol. The summed E-state index contributed by atoms with van der Waals surface area (Å²) >= 11 is 0. The predicted octanol–water partition coefficient (Wildman–Crippen LogP) is 4.00. The van der Waals surface area contributed by atoms with Crippen molar-refractivity contribution in [3.05, 3.63) is 40.7 Å². The van der Waals surface area contributed by atoms with Crippen LogP contribution in [-0.2, 0) is 0 Å². The van der Waals surface area contributed by atoms with Crippen molar-refractivity contribution in [2.45, 2.75) is 40.5 Å². The van der Waals surface area contributed by atoms with E-state index in [0.717, 1.165) is 19.5 Å². The molecule has 0 spiro atoms. The Morgan fingerprint density at radius 3 is 2.65 bits per heavy atom. The Bertz CT molecular complexity index is 372. The first-order valence-electron chi connectivity index (χ1n) is 6.55. The first-order valence-corrected chi connectivity index (χ1v) is 6.55. The van der Waals surface area contributed by atoms with E-state index >= 15 is 0 Å². The zero-order valence-corrected chi connectivity index (χ0v) is 11.7. The van der Waals surface area contributed by atoms with E-state index in [4.69, 9.17) is 0 Å². The summed E-state index contributed by atoms with van der Waals surface area (Å²) in [6.45, 7) is 14.7. The van der Waals surface area contributed by atoms with Crippen molar-refractivity contribution in [3.8, 4) is 0 Å². The van der Waals surface area contributed by atoms with E-state index in [0.29, 0.717) is 5.92 Å². The Balaban J connectivity index is 3.28. The van der Waals surface area contributed by atoms with Crippen LogP contribution in [-0.4, -0.2) is 13.1 Å². The summed E-state index contributed by atoms with van der Waals surface area (Å²) < 4.78 is 0. The van der Waals surface area contributed by atoms with E-state index in [9.17, 15) is 0 Å². The van der Waals surface area contributed by atoms with Gasteiger partial charge in [-0.15, -0.1) is 5.73 Å². The molecule has 1 aliphatic rings. The van der Waals surface area contributed by atoms with Crippen molar-refractivity contribution in [2.75, 3.05) is 13.1 Å². The molecule has 1 aliphatic heterocycles. The third kappa shape index (κ3) is 4.03. The summed E-state index contributed by atoms with van der Waals surface area (Å²) in [5.41, 5.74) is 8.92. The third-order valence-electron chi connectivity index (χ3n) is 3.02. The van der Waals surface area contributed by atoms with E-state index in [1.165, 1.54) is 28.7 Å². The Morgan fingerprint density at radius 1 is 1.41 bits per heavy atom. The molecule has 1 heteroatoms. The molecule has 0 fully saturated rings. The van der Waals surface area contributed by atoms with E-state index in [1.807, 2.05) is 6.08 Å². The fourth-order valence-corrected chi connectivity index (χ4v) is 2.21. The second-order valence-corrected chi connectivity index (χ2v) is 5.18. The molecule has 0 radical (unpaired) electrons. The van der Waals surface area contributed by atoms with Gasteiger partial charge in [-0.25, -0.2) is 0 Å². The normalized spacial score (nSPS) is 16.5. The number of rotatable bonds is 3. The van der Waals surface area contributed by atoms with Crippen LogP contribution in [0.4, 0.5) is 0 Å². The Morgan fingerprint density at radius 2 is 2.12 bits per heavy atom. The zero-order chi connectivity index (χ0) is 12.8. The first-order chi connectivity index (χ1) is 8.06. The number of hydrogen-bond donors (Lipinski definition) is 1. The molecule has 0 amide bonds. The zero-order valence-electron chi connectivity index (χ0n) is 11.7. The first kappa shape index (κ1) is 14.0. The molecule has 0 aromatic heterocycles. The highest BCUT2D eigenvalue weighted by Crippen LogP contribution is 2.26. The fraction of sp³-hybridized carbons (Fsp3) is 0.562. The molecule has 1 nitrogen and oxygen atoms in total. The summed E-state index contributed by atoms with van der Waals surface area (Å²) in [4.78, 5) is 0. The van der Waals surface area contributed by atoms with Gasteiger partial charge in [0.15, 0.2) is 0 Å². The van der Waals surface area contributed by atoms with Crippen molar-refractivity contribution < 1.29 is 0 Å². The van der Waals surface area contributed by atoms with E-state index in [1.54, 1.807) is 0 Å². The summed E-state index contributed by atoms with van der Waals surface area (Å²) in [6, 6.07) is 0. The number of hydrogen-bond acceptors (Lipinski definition) is 1. The standard InChI is InChI=1S/C16H25N/c1-6-14-8-7-9-17-11-16(14)15(13(4)5)10-12(2)3/h6,13,17H,1,7-9,11H2,2-5H3. The minimum atomic E-state index is 0.509. The molecule has 1 heterocycles. The van der Waals surface area contributed by atoms with Gasteiger partial charge >= 0.3 is 0 Å². The smallest absolute Gasteiger partial charge is 0.0217 e. The van der Waals surface area contributed by atoms with Gasteiger partial charge in [0, 0.05) is 12.1 Å². The lowest BCUT2D eigenvalue weighted by molar-refractivity contribution is 0.701. The molecular weight excluding hydrogens is 206 g/mol. The summed E-state index contributed by atoms with van der Waals surface area (Å²) in [7, 11) is 0. The molecular formula is C16H25N. The molecule has 94 valence electrons. The highest BCUT2D eigenvalue weighted by atomic mass is 14.9. The van der Waals surface area contributed by atoms with Crippen LogP contribution in [0.3, 0.4) is 0 Å². The summed E-state index contributed by atoms with van der Waals surface area (Å²) in [6.07, 6.45) is 4.36. The van der Waals surface area contributed by atoms with Crippen LogP contribution >= 0.6 is 0 Å². The van der Waals surface area contributed by atoms with E-state index in [-0.39, 0.29) is 0 Å². The number of allylic oxidation sites excluding steroid dienone is 2. The van der Waals surface area contributed by atoms with Crippen molar-refractivity contribution >= 4 is 0 Å². The van der Waals surface area contributed by atoms with Gasteiger partial charge in [0.1, 0.15) is 0 Å². The molecule has 0 aromatic rings. The van der Waals surface area contributed by atoms with E-state index < -0.39 is 0 Å². The van der Waals surface area contributed by atoms with Crippen molar-refractivity contribution in [3.63, 3.8) is 0 Å². The number of nitrogens with one attached hydrogen (secondary N) is 1. The van der Waals surface area contributed by atoms with Crippen molar-refractivity contribution in [1.82, 2.24) is 5.32 Å². The molecule has 0 saturated carbocycles. The van der Waals surface area contributed by atoms with Gasteiger partial charge in [0.25, 0.3) is 0 Å². The fourth-order valence-electron chi connectivity index (χ4n) is 2.21. The van der Waals surface area contributed by atoms with Gasteiger partial charge in [-0.2, -0.15) is 0 Å². The molecule has 0 aromatic carbocycles. The van der Waals surface area contributed by atoms with Crippen LogP contribution < -0.4 is 5.32 Å². The van der Waals surface area contributed by atoms with Gasteiger partial charge in [-0.05, 0) is 55.9 Å². The summed E-state index contributed by atoms with van der Waals surface area (Å²) in [5.74, 6) is 0.509. The van der Waals surface area contributed by atoms with Gasteiger partial charge in [-0.1, -0.05) is 26.5 Å². The summed E-state index contributed by atoms with van der Waals surface area (Å²) in [5, 5.41) is 3.49. The molecule has 0 bridgehead atoms. The maximum atomic E-state index is 3.96. The highest BCUT2D eigenvalue weighted by Gasteiger charge is 2.15. The van der Waals surface area contributed by atoms with Crippen molar-refractivity contribution in [2.24, 2.45) is 5.92 Å². The van der Waals surface area contributed by atoms with Crippen LogP contribution in [0.25, 0.3) is 0 Å². The second-order valence-electron chi connectivity index (χ2n) is 5.18.